The Balaban J connectivity index is 2.09. The third-order valence-corrected chi connectivity index (χ3v) is 3.96. The molecule has 1 N–H and O–H groups in total. The first-order valence-electron chi connectivity index (χ1n) is 6.68. The van der Waals surface area contributed by atoms with Gasteiger partial charge in [-0.2, -0.15) is 0 Å². The molecule has 1 aromatic heterocycles. The second kappa shape index (κ2) is 5.44. The molecule has 2 unspecified atom stereocenters. The highest BCUT2D eigenvalue weighted by atomic mass is 35.5. The van der Waals surface area contributed by atoms with Crippen LogP contribution < -0.4 is 5.32 Å². The van der Waals surface area contributed by atoms with Crippen LogP contribution in [0.1, 0.15) is 19.3 Å². The minimum absolute atomic E-state index is 0.108. The Morgan fingerprint density at radius 2 is 2.24 bits per heavy atom. The lowest BCUT2D eigenvalue weighted by molar-refractivity contribution is -0.384. The molecule has 0 spiro atoms. The zero-order chi connectivity index (χ0) is 15.0. The van der Waals surface area contributed by atoms with Gasteiger partial charge in [0, 0.05) is 16.5 Å². The van der Waals surface area contributed by atoms with Gasteiger partial charge in [-0.25, -0.2) is 9.37 Å². The summed E-state index contributed by atoms with van der Waals surface area (Å²) < 4.78 is 13.3. The number of hydrogen-bond acceptors (Lipinski definition) is 4. The molecule has 2 atom stereocenters. The van der Waals surface area contributed by atoms with Gasteiger partial charge >= 0.3 is 5.69 Å². The van der Waals surface area contributed by atoms with Crippen LogP contribution in [0.2, 0.25) is 5.02 Å². The summed E-state index contributed by atoms with van der Waals surface area (Å²) in [7, 11) is 0. The second-order valence-corrected chi connectivity index (χ2v) is 5.63. The van der Waals surface area contributed by atoms with Crippen molar-refractivity contribution in [3.8, 4) is 0 Å². The van der Waals surface area contributed by atoms with E-state index in [-0.39, 0.29) is 11.7 Å². The Bertz CT molecular complexity index is 710. The van der Waals surface area contributed by atoms with Crippen LogP contribution in [-0.2, 0) is 0 Å². The molecule has 5 nitrogen and oxygen atoms in total. The van der Waals surface area contributed by atoms with Crippen molar-refractivity contribution in [3.63, 3.8) is 0 Å². The van der Waals surface area contributed by atoms with Crippen LogP contribution in [0.5, 0.6) is 0 Å². The molecule has 0 bridgehead atoms. The first-order valence-corrected chi connectivity index (χ1v) is 7.05. The fourth-order valence-corrected chi connectivity index (χ4v) is 2.88. The molecule has 0 aliphatic heterocycles. The Kier molecular flexibility index (Phi) is 3.63. The standard InChI is InChI=1S/C14H13ClFN3O2/c15-8-1-4-12-11(5-8)14(13(7-17-12)19(20)21)18-10-3-2-9(16)6-10/h1,4-5,7,9-10H,2-3,6H2,(H,17,18). The van der Waals surface area contributed by atoms with E-state index in [0.29, 0.717) is 40.9 Å². The summed E-state index contributed by atoms with van der Waals surface area (Å²) in [4.78, 5) is 14.8. The molecule has 7 heteroatoms. The van der Waals surface area contributed by atoms with Gasteiger partial charge in [-0.1, -0.05) is 11.6 Å². The van der Waals surface area contributed by atoms with E-state index in [1.54, 1.807) is 18.2 Å². The molecule has 0 amide bonds. The van der Waals surface area contributed by atoms with E-state index < -0.39 is 11.1 Å². The van der Waals surface area contributed by atoms with Crippen LogP contribution in [-0.4, -0.2) is 22.1 Å². The fraction of sp³-hybridized carbons (Fsp3) is 0.357. The van der Waals surface area contributed by atoms with Crippen LogP contribution >= 0.6 is 11.6 Å². The summed E-state index contributed by atoms with van der Waals surface area (Å²) in [5.74, 6) is 0. The Hall–Kier alpha value is -1.95. The summed E-state index contributed by atoms with van der Waals surface area (Å²) in [6.07, 6.45) is 1.87. The monoisotopic (exact) mass is 309 g/mol. The first kappa shape index (κ1) is 14.0. The van der Waals surface area contributed by atoms with E-state index in [4.69, 9.17) is 11.6 Å². The Morgan fingerprint density at radius 3 is 2.90 bits per heavy atom. The highest BCUT2D eigenvalue weighted by Crippen LogP contribution is 2.35. The molecule has 1 saturated carbocycles. The van der Waals surface area contributed by atoms with Gasteiger partial charge in [0.25, 0.3) is 0 Å². The van der Waals surface area contributed by atoms with E-state index >= 15 is 0 Å². The molecule has 110 valence electrons. The SMILES string of the molecule is O=[N+]([O-])c1cnc2ccc(Cl)cc2c1NC1CCC(F)C1. The van der Waals surface area contributed by atoms with E-state index in [0.717, 1.165) is 0 Å². The minimum Gasteiger partial charge on any atom is -0.376 e. The molecular weight excluding hydrogens is 297 g/mol. The van der Waals surface area contributed by atoms with Gasteiger partial charge in [-0.3, -0.25) is 10.1 Å². The number of halogens is 2. The lowest BCUT2D eigenvalue weighted by Crippen LogP contribution is -2.17. The van der Waals surface area contributed by atoms with E-state index in [1.807, 2.05) is 0 Å². The number of benzene rings is 1. The molecule has 0 radical (unpaired) electrons. The summed E-state index contributed by atoms with van der Waals surface area (Å²) in [6, 6.07) is 4.92. The summed E-state index contributed by atoms with van der Waals surface area (Å²) in [5.41, 5.74) is 0.862. The lowest BCUT2D eigenvalue weighted by Gasteiger charge is -2.15. The number of nitrogens with zero attached hydrogens (tertiary/aromatic N) is 2. The fourth-order valence-electron chi connectivity index (χ4n) is 2.71. The Labute approximate surface area is 125 Å². The normalized spacial score (nSPS) is 21.6. The number of anilines is 1. The van der Waals surface area contributed by atoms with Crippen molar-refractivity contribution in [1.82, 2.24) is 4.98 Å². The molecule has 1 aromatic carbocycles. The number of nitro groups is 1. The van der Waals surface area contributed by atoms with Crippen molar-refractivity contribution < 1.29 is 9.31 Å². The molecule has 21 heavy (non-hydrogen) atoms. The van der Waals surface area contributed by atoms with Crippen LogP contribution in [0.3, 0.4) is 0 Å². The van der Waals surface area contributed by atoms with Gasteiger partial charge < -0.3 is 5.32 Å². The van der Waals surface area contributed by atoms with Crippen molar-refractivity contribution in [2.75, 3.05) is 5.32 Å². The smallest absolute Gasteiger partial charge is 0.311 e. The zero-order valence-corrected chi connectivity index (χ0v) is 11.8. The first-order chi connectivity index (χ1) is 10.0. The number of alkyl halides is 1. The summed E-state index contributed by atoms with van der Waals surface area (Å²) >= 11 is 5.98. The maximum Gasteiger partial charge on any atom is 0.311 e. The minimum atomic E-state index is -0.849. The highest BCUT2D eigenvalue weighted by molar-refractivity contribution is 6.31. The highest BCUT2D eigenvalue weighted by Gasteiger charge is 2.27. The molecule has 1 fully saturated rings. The average Bonchev–Trinajstić information content (AvgIpc) is 2.84. The van der Waals surface area contributed by atoms with Crippen LogP contribution in [0, 0.1) is 10.1 Å². The van der Waals surface area contributed by atoms with Gasteiger partial charge in [0.15, 0.2) is 0 Å². The quantitative estimate of drug-likeness (QED) is 0.684. The van der Waals surface area contributed by atoms with E-state index in [1.165, 1.54) is 6.20 Å². The van der Waals surface area contributed by atoms with Crippen molar-refractivity contribution in [3.05, 3.63) is 39.5 Å². The van der Waals surface area contributed by atoms with Crippen LogP contribution in [0.4, 0.5) is 15.8 Å². The molecular formula is C14H13ClFN3O2. The molecule has 3 rings (SSSR count). The molecule has 2 aromatic rings. The van der Waals surface area contributed by atoms with Crippen molar-refractivity contribution in [2.45, 2.75) is 31.5 Å². The average molecular weight is 310 g/mol. The van der Waals surface area contributed by atoms with Gasteiger partial charge in [-0.05, 0) is 37.5 Å². The second-order valence-electron chi connectivity index (χ2n) is 5.19. The van der Waals surface area contributed by atoms with Gasteiger partial charge in [0.1, 0.15) is 18.1 Å². The number of hydrogen-bond donors (Lipinski definition) is 1. The van der Waals surface area contributed by atoms with Gasteiger partial charge in [0.05, 0.1) is 10.4 Å². The summed E-state index contributed by atoms with van der Waals surface area (Å²) in [5, 5.41) is 15.4. The van der Waals surface area contributed by atoms with E-state index in [2.05, 4.69) is 10.3 Å². The largest absolute Gasteiger partial charge is 0.376 e. The van der Waals surface area contributed by atoms with Crippen LogP contribution in [0.25, 0.3) is 10.9 Å². The van der Waals surface area contributed by atoms with Crippen molar-refractivity contribution >= 4 is 33.9 Å². The predicted molar refractivity (Wildman–Crippen MR) is 79.6 cm³/mol. The number of rotatable bonds is 3. The number of fused-ring (bicyclic) bond motifs is 1. The summed E-state index contributed by atoms with van der Waals surface area (Å²) in [6.45, 7) is 0. The van der Waals surface area contributed by atoms with Gasteiger partial charge in [0.2, 0.25) is 0 Å². The van der Waals surface area contributed by atoms with E-state index in [9.17, 15) is 14.5 Å². The topological polar surface area (TPSA) is 68.1 Å². The lowest BCUT2D eigenvalue weighted by atomic mass is 10.1. The predicted octanol–water partition coefficient (Wildman–Crippen LogP) is 4.10. The van der Waals surface area contributed by atoms with Gasteiger partial charge in [-0.15, -0.1) is 0 Å². The third kappa shape index (κ3) is 2.76. The molecule has 0 saturated heterocycles. The maximum atomic E-state index is 13.3. The third-order valence-electron chi connectivity index (χ3n) is 3.72. The number of aromatic nitrogens is 1. The van der Waals surface area contributed by atoms with Crippen molar-refractivity contribution in [2.24, 2.45) is 0 Å². The molecule has 1 heterocycles. The van der Waals surface area contributed by atoms with Crippen LogP contribution in [0.15, 0.2) is 24.4 Å². The maximum absolute atomic E-state index is 13.3. The molecule has 1 aliphatic rings. The Morgan fingerprint density at radius 1 is 1.43 bits per heavy atom. The van der Waals surface area contributed by atoms with Crippen molar-refractivity contribution in [1.29, 1.82) is 0 Å². The zero-order valence-electron chi connectivity index (χ0n) is 11.1. The number of pyridine rings is 1. The number of nitrogens with one attached hydrogen (secondary N) is 1. The molecule has 1 aliphatic carbocycles.